The van der Waals surface area contributed by atoms with Crippen LogP contribution in [0, 0.1) is 0 Å². The molecule has 0 amide bonds. The highest BCUT2D eigenvalue weighted by Crippen LogP contribution is 2.43. The molecule has 4 heteroatoms. The van der Waals surface area contributed by atoms with Crippen molar-refractivity contribution < 1.29 is 4.74 Å². The Morgan fingerprint density at radius 2 is 2.24 bits per heavy atom. The molecule has 0 saturated carbocycles. The molecule has 0 radical (unpaired) electrons. The third kappa shape index (κ3) is 1.40. The summed E-state index contributed by atoms with van der Waals surface area (Å²) in [5.74, 6) is 1.20. The summed E-state index contributed by atoms with van der Waals surface area (Å²) in [5.41, 5.74) is 2.04. The minimum absolute atomic E-state index is 0.0882. The molecule has 0 aromatic carbocycles. The van der Waals surface area contributed by atoms with E-state index in [1.165, 1.54) is 6.42 Å². The second-order valence-corrected chi connectivity index (χ2v) is 5.45. The van der Waals surface area contributed by atoms with Gasteiger partial charge in [0.15, 0.2) is 0 Å². The molecule has 4 nitrogen and oxygen atoms in total. The van der Waals surface area contributed by atoms with Gasteiger partial charge in [0, 0.05) is 11.5 Å². The summed E-state index contributed by atoms with van der Waals surface area (Å²) in [4.78, 5) is 19.6. The van der Waals surface area contributed by atoms with E-state index in [4.69, 9.17) is 4.74 Å². The molecular weight excluding hydrogens is 216 g/mol. The predicted molar refractivity (Wildman–Crippen MR) is 62.1 cm³/mol. The number of aromatic amines is 1. The Morgan fingerprint density at radius 3 is 3.00 bits per heavy atom. The Morgan fingerprint density at radius 1 is 1.29 bits per heavy atom. The normalized spacial score (nSPS) is 34.2. The molecule has 3 aliphatic rings. The highest BCUT2D eigenvalue weighted by molar-refractivity contribution is 5.24. The largest absolute Gasteiger partial charge is 0.374 e. The quantitative estimate of drug-likeness (QED) is 0.794. The fourth-order valence-electron chi connectivity index (χ4n) is 3.56. The zero-order valence-corrected chi connectivity index (χ0v) is 9.74. The maximum absolute atomic E-state index is 12.0. The van der Waals surface area contributed by atoms with Gasteiger partial charge in [0.25, 0.3) is 5.56 Å². The maximum Gasteiger partial charge on any atom is 0.254 e. The zero-order valence-electron chi connectivity index (χ0n) is 9.74. The molecule has 2 saturated heterocycles. The van der Waals surface area contributed by atoms with Crippen LogP contribution in [0.15, 0.2) is 4.79 Å². The molecule has 3 atom stereocenters. The molecule has 90 valence electrons. The number of H-pyrrole nitrogens is 1. The second kappa shape index (κ2) is 3.42. The van der Waals surface area contributed by atoms with Crippen LogP contribution in [0.1, 0.15) is 48.7 Å². The maximum atomic E-state index is 12.0. The van der Waals surface area contributed by atoms with Crippen LogP contribution in [0.2, 0.25) is 0 Å². The first kappa shape index (κ1) is 9.83. The van der Waals surface area contributed by atoms with Crippen LogP contribution in [-0.2, 0) is 17.6 Å². The molecule has 1 N–H and O–H groups in total. The van der Waals surface area contributed by atoms with Crippen LogP contribution < -0.4 is 5.56 Å². The SMILES string of the molecule is O=c1[nH]c(C2CC3CCC2O3)nc2c1CCC2. The van der Waals surface area contributed by atoms with Crippen LogP contribution >= 0.6 is 0 Å². The highest BCUT2D eigenvalue weighted by atomic mass is 16.5. The van der Waals surface area contributed by atoms with Crippen molar-refractivity contribution in [1.29, 1.82) is 0 Å². The minimum Gasteiger partial charge on any atom is -0.374 e. The number of nitrogens with zero attached hydrogens (tertiary/aromatic N) is 1. The standard InChI is InChI=1S/C13H16N2O2/c16-13-8-2-1-3-10(8)14-12(15-13)9-6-7-4-5-11(9)17-7/h7,9,11H,1-6H2,(H,14,15,16). The van der Waals surface area contributed by atoms with Crippen LogP contribution in [0.3, 0.4) is 0 Å². The Labute approximate surface area is 99.4 Å². The third-order valence-corrected chi connectivity index (χ3v) is 4.42. The van der Waals surface area contributed by atoms with Crippen LogP contribution in [-0.4, -0.2) is 22.2 Å². The summed E-state index contributed by atoms with van der Waals surface area (Å²) in [5, 5.41) is 0. The van der Waals surface area contributed by atoms with Crippen molar-refractivity contribution >= 4 is 0 Å². The van der Waals surface area contributed by atoms with E-state index in [9.17, 15) is 4.79 Å². The van der Waals surface area contributed by atoms with E-state index in [1.807, 2.05) is 0 Å². The number of aromatic nitrogens is 2. The van der Waals surface area contributed by atoms with Gasteiger partial charge in [0.2, 0.25) is 0 Å². The van der Waals surface area contributed by atoms with Crippen LogP contribution in [0.4, 0.5) is 0 Å². The Kier molecular flexibility index (Phi) is 1.98. The van der Waals surface area contributed by atoms with Gasteiger partial charge in [-0.15, -0.1) is 0 Å². The lowest BCUT2D eigenvalue weighted by Gasteiger charge is -2.18. The molecule has 2 fully saturated rings. The van der Waals surface area contributed by atoms with Gasteiger partial charge < -0.3 is 9.72 Å². The molecule has 0 spiro atoms. The van der Waals surface area contributed by atoms with E-state index in [0.717, 1.165) is 49.2 Å². The Balaban J connectivity index is 1.75. The summed E-state index contributed by atoms with van der Waals surface area (Å²) >= 11 is 0. The van der Waals surface area contributed by atoms with Gasteiger partial charge in [0.05, 0.1) is 17.9 Å². The summed E-state index contributed by atoms with van der Waals surface area (Å²) in [6, 6.07) is 0. The zero-order chi connectivity index (χ0) is 11.4. The average Bonchev–Trinajstić information content (AvgIpc) is 3.04. The van der Waals surface area contributed by atoms with Crippen molar-refractivity contribution in [3.63, 3.8) is 0 Å². The van der Waals surface area contributed by atoms with Gasteiger partial charge in [-0.05, 0) is 38.5 Å². The van der Waals surface area contributed by atoms with Gasteiger partial charge in [-0.2, -0.15) is 0 Å². The first-order valence-electron chi connectivity index (χ1n) is 6.58. The van der Waals surface area contributed by atoms with E-state index in [2.05, 4.69) is 9.97 Å². The molecule has 2 bridgehead atoms. The van der Waals surface area contributed by atoms with E-state index < -0.39 is 0 Å². The van der Waals surface area contributed by atoms with Crippen molar-refractivity contribution in [2.24, 2.45) is 0 Å². The average molecular weight is 232 g/mol. The van der Waals surface area contributed by atoms with Gasteiger partial charge >= 0.3 is 0 Å². The van der Waals surface area contributed by atoms with E-state index in [1.54, 1.807) is 0 Å². The summed E-state index contributed by atoms with van der Waals surface area (Å²) < 4.78 is 5.84. The number of ether oxygens (including phenoxy) is 1. The number of nitrogens with one attached hydrogen (secondary N) is 1. The van der Waals surface area contributed by atoms with Gasteiger partial charge in [0.1, 0.15) is 5.82 Å². The first-order chi connectivity index (χ1) is 8.31. The monoisotopic (exact) mass is 232 g/mol. The molecule has 4 rings (SSSR count). The number of rotatable bonds is 1. The summed E-state index contributed by atoms with van der Waals surface area (Å²) in [7, 11) is 0. The van der Waals surface area contributed by atoms with Gasteiger partial charge in [-0.25, -0.2) is 4.98 Å². The highest BCUT2D eigenvalue weighted by Gasteiger charge is 2.43. The second-order valence-electron chi connectivity index (χ2n) is 5.45. The topological polar surface area (TPSA) is 55.0 Å². The molecule has 17 heavy (non-hydrogen) atoms. The smallest absolute Gasteiger partial charge is 0.254 e. The molecule has 1 aliphatic carbocycles. The minimum atomic E-state index is 0.0882. The van der Waals surface area contributed by atoms with Crippen LogP contribution in [0.5, 0.6) is 0 Å². The van der Waals surface area contributed by atoms with Crippen molar-refractivity contribution in [3.05, 3.63) is 27.4 Å². The lowest BCUT2D eigenvalue weighted by atomic mass is 9.88. The van der Waals surface area contributed by atoms with Crippen molar-refractivity contribution in [2.75, 3.05) is 0 Å². The molecule has 1 aromatic rings. The molecule has 2 aliphatic heterocycles. The number of hydrogen-bond donors (Lipinski definition) is 1. The molecule has 3 unspecified atom stereocenters. The first-order valence-corrected chi connectivity index (χ1v) is 6.58. The summed E-state index contributed by atoms with van der Waals surface area (Å²) in [6.07, 6.45) is 6.96. The fraction of sp³-hybridized carbons (Fsp3) is 0.692. The molecule has 3 heterocycles. The van der Waals surface area contributed by atoms with Crippen molar-refractivity contribution in [3.8, 4) is 0 Å². The van der Waals surface area contributed by atoms with Gasteiger partial charge in [-0.1, -0.05) is 0 Å². The van der Waals surface area contributed by atoms with Crippen molar-refractivity contribution in [1.82, 2.24) is 9.97 Å². The van der Waals surface area contributed by atoms with E-state index in [-0.39, 0.29) is 5.56 Å². The van der Waals surface area contributed by atoms with Crippen LogP contribution in [0.25, 0.3) is 0 Å². The molecule has 1 aromatic heterocycles. The van der Waals surface area contributed by atoms with E-state index >= 15 is 0 Å². The molecular formula is C13H16N2O2. The summed E-state index contributed by atoms with van der Waals surface area (Å²) in [6.45, 7) is 0. The number of hydrogen-bond acceptors (Lipinski definition) is 3. The number of fused-ring (bicyclic) bond motifs is 3. The lowest BCUT2D eigenvalue weighted by Crippen LogP contribution is -2.23. The van der Waals surface area contributed by atoms with Gasteiger partial charge in [-0.3, -0.25) is 4.79 Å². The fourth-order valence-corrected chi connectivity index (χ4v) is 3.56. The third-order valence-electron chi connectivity index (χ3n) is 4.42. The lowest BCUT2D eigenvalue weighted by molar-refractivity contribution is 0.0998. The van der Waals surface area contributed by atoms with Crippen molar-refractivity contribution in [2.45, 2.75) is 56.7 Å². The van der Waals surface area contributed by atoms with E-state index in [0.29, 0.717) is 18.1 Å². The Hall–Kier alpha value is -1.16. The number of aryl methyl sites for hydroxylation is 1. The Bertz CT molecular complexity index is 523. The predicted octanol–water partition coefficient (Wildman–Crippen LogP) is 1.29.